The Morgan fingerprint density at radius 2 is 2.06 bits per heavy atom. The second-order valence-corrected chi connectivity index (χ2v) is 5.66. The van der Waals surface area contributed by atoms with E-state index in [1.165, 1.54) is 24.8 Å². The van der Waals surface area contributed by atoms with Crippen molar-refractivity contribution < 1.29 is 9.53 Å². The van der Waals surface area contributed by atoms with Gasteiger partial charge in [0.2, 0.25) is 0 Å². The fraction of sp³-hybridized carbons (Fsp3) is 0.562. The zero-order chi connectivity index (χ0) is 12.5. The fourth-order valence-corrected chi connectivity index (χ4v) is 3.02. The summed E-state index contributed by atoms with van der Waals surface area (Å²) in [6.07, 6.45) is 4.88. The molecule has 1 aromatic rings. The molecular formula is C16H20O2. The van der Waals surface area contributed by atoms with E-state index in [4.69, 9.17) is 4.74 Å². The van der Waals surface area contributed by atoms with E-state index in [0.717, 1.165) is 12.0 Å². The lowest BCUT2D eigenvalue weighted by atomic mass is 9.76. The highest BCUT2D eigenvalue weighted by molar-refractivity contribution is 5.99. The molecule has 3 rings (SSSR count). The first kappa shape index (κ1) is 11.9. The third-order valence-electron chi connectivity index (χ3n) is 4.34. The Kier molecular flexibility index (Phi) is 3.21. The first-order valence-corrected chi connectivity index (χ1v) is 7.00. The van der Waals surface area contributed by atoms with Crippen LogP contribution in [0.2, 0.25) is 0 Å². The maximum atomic E-state index is 12.6. The van der Waals surface area contributed by atoms with Gasteiger partial charge >= 0.3 is 0 Å². The van der Waals surface area contributed by atoms with Gasteiger partial charge in [-0.1, -0.05) is 30.7 Å². The topological polar surface area (TPSA) is 26.3 Å². The molecule has 0 N–H and O–H groups in total. The third-order valence-corrected chi connectivity index (χ3v) is 4.34. The Morgan fingerprint density at radius 3 is 2.67 bits per heavy atom. The van der Waals surface area contributed by atoms with E-state index in [-0.39, 0.29) is 12.0 Å². The zero-order valence-electron chi connectivity index (χ0n) is 10.9. The summed E-state index contributed by atoms with van der Waals surface area (Å²) in [5.41, 5.74) is 2.22. The lowest BCUT2D eigenvalue weighted by Gasteiger charge is -2.28. The maximum absolute atomic E-state index is 12.6. The largest absolute Gasteiger partial charge is 0.378 e. The molecule has 1 aliphatic carbocycles. The molecule has 0 bridgehead atoms. The van der Waals surface area contributed by atoms with Gasteiger partial charge < -0.3 is 4.74 Å². The van der Waals surface area contributed by atoms with Crippen LogP contribution in [0.3, 0.4) is 0 Å². The van der Waals surface area contributed by atoms with Gasteiger partial charge in [0.1, 0.15) is 0 Å². The summed E-state index contributed by atoms with van der Waals surface area (Å²) in [7, 11) is 0. The summed E-state index contributed by atoms with van der Waals surface area (Å²) in [6, 6.07) is 8.17. The van der Waals surface area contributed by atoms with Gasteiger partial charge in [-0.15, -0.1) is 0 Å². The minimum atomic E-state index is 0.0706. The lowest BCUT2D eigenvalue weighted by Crippen LogP contribution is -2.19. The Morgan fingerprint density at radius 1 is 1.28 bits per heavy atom. The molecule has 18 heavy (non-hydrogen) atoms. The minimum Gasteiger partial charge on any atom is -0.378 e. The molecule has 1 aliphatic heterocycles. The van der Waals surface area contributed by atoms with Crippen LogP contribution in [0.5, 0.6) is 0 Å². The molecule has 1 aromatic carbocycles. The van der Waals surface area contributed by atoms with Crippen molar-refractivity contribution in [2.75, 3.05) is 6.61 Å². The molecule has 2 heteroatoms. The van der Waals surface area contributed by atoms with Crippen LogP contribution in [-0.2, 0) is 4.74 Å². The van der Waals surface area contributed by atoms with Gasteiger partial charge in [0.15, 0.2) is 5.78 Å². The number of Topliss-reactive ketones (excluding diaryl/α,β-unsaturated/α-hetero) is 1. The number of carbonyl (C=O) groups excluding carboxylic acids is 1. The van der Waals surface area contributed by atoms with E-state index in [2.05, 4.69) is 12.1 Å². The van der Waals surface area contributed by atoms with Crippen molar-refractivity contribution in [3.05, 3.63) is 35.4 Å². The van der Waals surface area contributed by atoms with Crippen molar-refractivity contribution in [2.45, 2.75) is 44.6 Å². The molecule has 2 unspecified atom stereocenters. The molecule has 96 valence electrons. The number of ether oxygens (including phenoxy) is 1. The molecule has 0 amide bonds. The first-order chi connectivity index (χ1) is 8.75. The number of carbonyl (C=O) groups is 1. The van der Waals surface area contributed by atoms with E-state index in [1.807, 2.05) is 19.1 Å². The van der Waals surface area contributed by atoms with Gasteiger partial charge in [-0.2, -0.15) is 0 Å². The molecule has 2 atom stereocenters. The molecule has 1 saturated carbocycles. The van der Waals surface area contributed by atoms with Crippen LogP contribution < -0.4 is 0 Å². The van der Waals surface area contributed by atoms with Gasteiger partial charge in [-0.25, -0.2) is 0 Å². The predicted molar refractivity (Wildman–Crippen MR) is 70.9 cm³/mol. The van der Waals surface area contributed by atoms with Crippen LogP contribution >= 0.6 is 0 Å². The fourth-order valence-electron chi connectivity index (χ4n) is 3.02. The number of benzene rings is 1. The predicted octanol–water partition coefficient (Wildman–Crippen LogP) is 3.56. The first-order valence-electron chi connectivity index (χ1n) is 7.00. The minimum absolute atomic E-state index is 0.0706. The average Bonchev–Trinajstić information content (AvgIpc) is 2.74. The van der Waals surface area contributed by atoms with Gasteiger partial charge in [-0.05, 0) is 37.7 Å². The van der Waals surface area contributed by atoms with Crippen molar-refractivity contribution in [2.24, 2.45) is 5.92 Å². The van der Waals surface area contributed by atoms with Crippen molar-refractivity contribution in [3.63, 3.8) is 0 Å². The normalized spacial score (nSPS) is 28.1. The van der Waals surface area contributed by atoms with Crippen LogP contribution in [0.4, 0.5) is 0 Å². The summed E-state index contributed by atoms with van der Waals surface area (Å²) < 4.78 is 5.53. The SMILES string of the molecule is CC1CC(C(=O)c2ccccc2C2CCC2)CO1. The van der Waals surface area contributed by atoms with Crippen molar-refractivity contribution in [3.8, 4) is 0 Å². The average molecular weight is 244 g/mol. The molecular weight excluding hydrogens is 224 g/mol. The van der Waals surface area contributed by atoms with Gasteiger partial charge in [0, 0.05) is 11.5 Å². The number of rotatable bonds is 3. The zero-order valence-corrected chi connectivity index (χ0v) is 10.9. The second-order valence-electron chi connectivity index (χ2n) is 5.66. The van der Waals surface area contributed by atoms with Crippen molar-refractivity contribution in [1.29, 1.82) is 0 Å². The molecule has 1 saturated heterocycles. The van der Waals surface area contributed by atoms with Gasteiger partial charge in [0.05, 0.1) is 12.7 Å². The summed E-state index contributed by atoms with van der Waals surface area (Å²) >= 11 is 0. The molecule has 1 heterocycles. The van der Waals surface area contributed by atoms with Gasteiger partial charge in [-0.3, -0.25) is 4.79 Å². The summed E-state index contributed by atoms with van der Waals surface area (Å²) in [6.45, 7) is 2.64. The maximum Gasteiger partial charge on any atom is 0.168 e. The van der Waals surface area contributed by atoms with Crippen LogP contribution in [0.25, 0.3) is 0 Å². The Labute approximate surface area is 108 Å². The van der Waals surface area contributed by atoms with Crippen LogP contribution in [0, 0.1) is 5.92 Å². The van der Waals surface area contributed by atoms with Crippen molar-refractivity contribution in [1.82, 2.24) is 0 Å². The highest BCUT2D eigenvalue weighted by atomic mass is 16.5. The molecule has 0 radical (unpaired) electrons. The smallest absolute Gasteiger partial charge is 0.168 e. The molecule has 0 spiro atoms. The van der Waals surface area contributed by atoms with Crippen molar-refractivity contribution >= 4 is 5.78 Å². The van der Waals surface area contributed by atoms with E-state index >= 15 is 0 Å². The van der Waals surface area contributed by atoms with E-state index < -0.39 is 0 Å². The lowest BCUT2D eigenvalue weighted by molar-refractivity contribution is 0.0875. The Hall–Kier alpha value is -1.15. The summed E-state index contributed by atoms with van der Waals surface area (Å²) in [5.74, 6) is 0.980. The van der Waals surface area contributed by atoms with E-state index in [0.29, 0.717) is 18.3 Å². The highest BCUT2D eigenvalue weighted by Gasteiger charge is 2.32. The monoisotopic (exact) mass is 244 g/mol. The summed E-state index contributed by atoms with van der Waals surface area (Å²) in [4.78, 5) is 12.6. The van der Waals surface area contributed by atoms with Crippen LogP contribution in [0.1, 0.15) is 54.4 Å². The highest BCUT2D eigenvalue weighted by Crippen LogP contribution is 2.39. The second kappa shape index (κ2) is 4.85. The van der Waals surface area contributed by atoms with Crippen LogP contribution in [0.15, 0.2) is 24.3 Å². The third kappa shape index (κ3) is 2.10. The Bertz CT molecular complexity index is 448. The quantitative estimate of drug-likeness (QED) is 0.760. The molecule has 2 fully saturated rings. The Balaban J connectivity index is 1.84. The molecule has 2 nitrogen and oxygen atoms in total. The number of hydrogen-bond acceptors (Lipinski definition) is 2. The number of hydrogen-bond donors (Lipinski definition) is 0. The molecule has 0 aromatic heterocycles. The molecule has 2 aliphatic rings. The standard InChI is InChI=1S/C16H20O2/c1-11-9-13(10-18-11)16(17)15-8-3-2-7-14(15)12-5-4-6-12/h2-3,7-8,11-13H,4-6,9-10H2,1H3. The van der Waals surface area contributed by atoms with E-state index in [1.54, 1.807) is 0 Å². The van der Waals surface area contributed by atoms with Gasteiger partial charge in [0.25, 0.3) is 0 Å². The summed E-state index contributed by atoms with van der Waals surface area (Å²) in [5, 5.41) is 0. The number of ketones is 1. The van der Waals surface area contributed by atoms with Crippen LogP contribution in [-0.4, -0.2) is 18.5 Å². The van der Waals surface area contributed by atoms with E-state index in [9.17, 15) is 4.79 Å².